The summed E-state index contributed by atoms with van der Waals surface area (Å²) < 4.78 is 0.891. The molecule has 0 aliphatic heterocycles. The minimum Gasteiger partial charge on any atom is -0.398 e. The van der Waals surface area contributed by atoms with E-state index >= 15 is 0 Å². The maximum Gasteiger partial charge on any atom is 0.253 e. The SMILES string of the molecule is Cl.Nc1cc(Br)ccc1C(=O)NC1CCCC1. The molecular formula is C12H16BrClN2O. The summed E-state index contributed by atoms with van der Waals surface area (Å²) in [5.41, 5.74) is 6.89. The Balaban J connectivity index is 0.00000144. The number of benzene rings is 1. The fourth-order valence-electron chi connectivity index (χ4n) is 2.07. The van der Waals surface area contributed by atoms with Gasteiger partial charge in [0.05, 0.1) is 5.56 Å². The van der Waals surface area contributed by atoms with Crippen LogP contribution in [-0.2, 0) is 0 Å². The van der Waals surface area contributed by atoms with Crippen LogP contribution in [-0.4, -0.2) is 11.9 Å². The highest BCUT2D eigenvalue weighted by atomic mass is 79.9. The van der Waals surface area contributed by atoms with Crippen molar-refractivity contribution in [3.8, 4) is 0 Å². The maximum atomic E-state index is 11.9. The molecule has 94 valence electrons. The van der Waals surface area contributed by atoms with E-state index in [1.807, 2.05) is 6.07 Å². The molecule has 3 nitrogen and oxygen atoms in total. The number of hydrogen-bond acceptors (Lipinski definition) is 2. The molecule has 0 spiro atoms. The lowest BCUT2D eigenvalue weighted by Crippen LogP contribution is -2.33. The second-order valence-corrected chi connectivity index (χ2v) is 5.10. The van der Waals surface area contributed by atoms with Gasteiger partial charge in [-0.2, -0.15) is 0 Å². The molecule has 0 radical (unpaired) electrons. The zero-order valence-corrected chi connectivity index (χ0v) is 11.8. The Bertz CT molecular complexity index is 405. The highest BCUT2D eigenvalue weighted by molar-refractivity contribution is 9.10. The average molecular weight is 320 g/mol. The van der Waals surface area contributed by atoms with Gasteiger partial charge in [0.1, 0.15) is 0 Å². The first kappa shape index (κ1) is 14.3. The Morgan fingerprint density at radius 2 is 2.00 bits per heavy atom. The van der Waals surface area contributed by atoms with Crippen LogP contribution in [0.1, 0.15) is 36.0 Å². The average Bonchev–Trinajstić information content (AvgIpc) is 2.70. The molecular weight excluding hydrogens is 304 g/mol. The predicted molar refractivity (Wildman–Crippen MR) is 75.5 cm³/mol. The number of rotatable bonds is 2. The van der Waals surface area contributed by atoms with E-state index in [9.17, 15) is 4.79 Å². The van der Waals surface area contributed by atoms with E-state index in [0.29, 0.717) is 17.3 Å². The Morgan fingerprint density at radius 1 is 1.35 bits per heavy atom. The van der Waals surface area contributed by atoms with Crippen molar-refractivity contribution in [3.63, 3.8) is 0 Å². The van der Waals surface area contributed by atoms with Crippen molar-refractivity contribution in [1.82, 2.24) is 5.32 Å². The van der Waals surface area contributed by atoms with Gasteiger partial charge in [0.25, 0.3) is 5.91 Å². The summed E-state index contributed by atoms with van der Waals surface area (Å²) in [6.45, 7) is 0. The van der Waals surface area contributed by atoms with Crippen molar-refractivity contribution in [2.24, 2.45) is 0 Å². The van der Waals surface area contributed by atoms with Crippen molar-refractivity contribution in [1.29, 1.82) is 0 Å². The lowest BCUT2D eigenvalue weighted by atomic mass is 10.1. The standard InChI is InChI=1S/C12H15BrN2O.ClH/c13-8-5-6-10(11(14)7-8)12(16)15-9-3-1-2-4-9;/h5-7,9H,1-4,14H2,(H,15,16);1H. The number of nitrogens with one attached hydrogen (secondary N) is 1. The van der Waals surface area contributed by atoms with Crippen LogP contribution in [0.25, 0.3) is 0 Å². The Labute approximate surface area is 116 Å². The van der Waals surface area contributed by atoms with Crippen LogP contribution in [0.3, 0.4) is 0 Å². The Kier molecular flexibility index (Phi) is 5.28. The van der Waals surface area contributed by atoms with Gasteiger partial charge in [-0.25, -0.2) is 0 Å². The fourth-order valence-corrected chi connectivity index (χ4v) is 2.45. The lowest BCUT2D eigenvalue weighted by Gasteiger charge is -2.13. The maximum absolute atomic E-state index is 11.9. The molecule has 0 heterocycles. The van der Waals surface area contributed by atoms with Crippen molar-refractivity contribution in [2.45, 2.75) is 31.7 Å². The van der Waals surface area contributed by atoms with Gasteiger partial charge in [0, 0.05) is 16.2 Å². The Morgan fingerprint density at radius 3 is 2.59 bits per heavy atom. The molecule has 1 fully saturated rings. The molecule has 1 aliphatic rings. The van der Waals surface area contributed by atoms with Crippen LogP contribution in [0.2, 0.25) is 0 Å². The molecule has 1 aromatic rings. The van der Waals surface area contributed by atoms with E-state index in [0.717, 1.165) is 17.3 Å². The van der Waals surface area contributed by atoms with Gasteiger partial charge < -0.3 is 11.1 Å². The van der Waals surface area contributed by atoms with E-state index in [2.05, 4.69) is 21.2 Å². The summed E-state index contributed by atoms with van der Waals surface area (Å²) in [7, 11) is 0. The van der Waals surface area contributed by atoms with Crippen LogP contribution in [0.15, 0.2) is 22.7 Å². The lowest BCUT2D eigenvalue weighted by molar-refractivity contribution is 0.0939. The number of hydrogen-bond donors (Lipinski definition) is 2. The van der Waals surface area contributed by atoms with E-state index in [4.69, 9.17) is 5.73 Å². The summed E-state index contributed by atoms with van der Waals surface area (Å²) in [5, 5.41) is 3.02. The fraction of sp³-hybridized carbons (Fsp3) is 0.417. The zero-order valence-electron chi connectivity index (χ0n) is 9.41. The van der Waals surface area contributed by atoms with Crippen LogP contribution in [0.5, 0.6) is 0 Å². The van der Waals surface area contributed by atoms with Crippen LogP contribution in [0, 0.1) is 0 Å². The molecule has 0 atom stereocenters. The predicted octanol–water partition coefficient (Wildman–Crippen LogP) is 3.13. The molecule has 1 aliphatic carbocycles. The van der Waals surface area contributed by atoms with E-state index < -0.39 is 0 Å². The van der Waals surface area contributed by atoms with Crippen LogP contribution >= 0.6 is 28.3 Å². The molecule has 0 saturated heterocycles. The summed E-state index contributed by atoms with van der Waals surface area (Å²) in [4.78, 5) is 11.9. The molecule has 1 saturated carbocycles. The third kappa shape index (κ3) is 3.61. The molecule has 5 heteroatoms. The van der Waals surface area contributed by atoms with Crippen LogP contribution in [0.4, 0.5) is 5.69 Å². The zero-order chi connectivity index (χ0) is 11.5. The number of nitrogens with two attached hydrogens (primary N) is 1. The molecule has 0 bridgehead atoms. The van der Waals surface area contributed by atoms with Crippen molar-refractivity contribution in [3.05, 3.63) is 28.2 Å². The number of nitrogen functional groups attached to an aromatic ring is 1. The topological polar surface area (TPSA) is 55.1 Å². The quantitative estimate of drug-likeness (QED) is 0.823. The molecule has 1 aromatic carbocycles. The van der Waals surface area contributed by atoms with E-state index in [-0.39, 0.29) is 18.3 Å². The summed E-state index contributed by atoms with van der Waals surface area (Å²) in [6, 6.07) is 5.67. The molecule has 17 heavy (non-hydrogen) atoms. The highest BCUT2D eigenvalue weighted by Gasteiger charge is 2.18. The number of halogens is 2. The van der Waals surface area contributed by atoms with Gasteiger partial charge in [0.15, 0.2) is 0 Å². The van der Waals surface area contributed by atoms with Gasteiger partial charge in [-0.1, -0.05) is 28.8 Å². The minimum atomic E-state index is -0.0584. The highest BCUT2D eigenvalue weighted by Crippen LogP contribution is 2.21. The van der Waals surface area contributed by atoms with Crippen molar-refractivity contribution in [2.75, 3.05) is 5.73 Å². The van der Waals surface area contributed by atoms with Crippen molar-refractivity contribution < 1.29 is 4.79 Å². The minimum absolute atomic E-state index is 0. The third-order valence-corrected chi connectivity index (χ3v) is 3.44. The second-order valence-electron chi connectivity index (χ2n) is 4.19. The monoisotopic (exact) mass is 318 g/mol. The molecule has 2 rings (SSSR count). The number of carbonyl (C=O) groups is 1. The third-order valence-electron chi connectivity index (χ3n) is 2.95. The van der Waals surface area contributed by atoms with Crippen molar-refractivity contribution >= 4 is 39.9 Å². The number of anilines is 1. The smallest absolute Gasteiger partial charge is 0.253 e. The second kappa shape index (κ2) is 6.26. The first-order valence-electron chi connectivity index (χ1n) is 5.52. The molecule has 0 aromatic heterocycles. The molecule has 0 unspecified atom stereocenters. The first-order chi connectivity index (χ1) is 7.66. The van der Waals surface area contributed by atoms with Gasteiger partial charge in [-0.05, 0) is 31.0 Å². The van der Waals surface area contributed by atoms with Gasteiger partial charge in [-0.3, -0.25) is 4.79 Å². The summed E-state index contributed by atoms with van der Waals surface area (Å²) in [6.07, 6.45) is 4.59. The first-order valence-corrected chi connectivity index (χ1v) is 6.32. The normalized spacial score (nSPS) is 15.4. The van der Waals surface area contributed by atoms with Gasteiger partial charge in [0.2, 0.25) is 0 Å². The van der Waals surface area contributed by atoms with Crippen LogP contribution < -0.4 is 11.1 Å². The van der Waals surface area contributed by atoms with Gasteiger partial charge in [-0.15, -0.1) is 12.4 Å². The van der Waals surface area contributed by atoms with E-state index in [1.165, 1.54) is 12.8 Å². The summed E-state index contributed by atoms with van der Waals surface area (Å²) >= 11 is 3.32. The van der Waals surface area contributed by atoms with E-state index in [1.54, 1.807) is 12.1 Å². The number of amides is 1. The molecule has 3 N–H and O–H groups in total. The number of carbonyl (C=O) groups excluding carboxylic acids is 1. The largest absolute Gasteiger partial charge is 0.398 e. The Hall–Kier alpha value is -0.740. The molecule has 1 amide bonds. The van der Waals surface area contributed by atoms with Gasteiger partial charge >= 0.3 is 0 Å². The summed E-state index contributed by atoms with van der Waals surface area (Å²) in [5.74, 6) is -0.0584.